The number of hydrogen-bond acceptors (Lipinski definition) is 10. The van der Waals surface area contributed by atoms with Gasteiger partial charge < -0.3 is 18.8 Å². The van der Waals surface area contributed by atoms with Crippen LogP contribution >= 0.6 is 11.3 Å². The van der Waals surface area contributed by atoms with Gasteiger partial charge in [-0.25, -0.2) is 9.97 Å². The zero-order chi connectivity index (χ0) is 22.4. The zero-order valence-corrected chi connectivity index (χ0v) is 18.2. The first-order valence-corrected chi connectivity index (χ1v) is 11.3. The summed E-state index contributed by atoms with van der Waals surface area (Å²) < 4.78 is 17.5. The first kappa shape index (κ1) is 20.1. The molecule has 2 saturated heterocycles. The number of amides is 1. The number of ether oxygens (including phenoxy) is 2. The standard InChI is InChI=1S/C22H19N5O5S/c28-12-30-11-20(29)27-9-13-4-14(27)8-26(13)10-16-5-17-18(31-16)6-15(7-24-17)32-22-25-21-19(33-22)2-1-3-23-21/h1-3,5-7,12-14H,4,8-11H2/t13-,14-/m0/s1. The molecular formula is C22H19N5O5S. The van der Waals surface area contributed by atoms with Gasteiger partial charge in [0.2, 0.25) is 0 Å². The highest BCUT2D eigenvalue weighted by atomic mass is 32.1. The Morgan fingerprint density at radius 1 is 1.27 bits per heavy atom. The van der Waals surface area contributed by atoms with Crippen LogP contribution in [0.15, 0.2) is 41.1 Å². The predicted octanol–water partition coefficient (Wildman–Crippen LogP) is 2.58. The molecule has 168 valence electrons. The van der Waals surface area contributed by atoms with E-state index in [-0.39, 0.29) is 24.6 Å². The van der Waals surface area contributed by atoms with E-state index in [9.17, 15) is 9.59 Å². The molecular weight excluding hydrogens is 446 g/mol. The maximum absolute atomic E-state index is 12.2. The number of carbonyl (C=O) groups excluding carboxylic acids is 2. The van der Waals surface area contributed by atoms with Crippen molar-refractivity contribution in [1.82, 2.24) is 24.8 Å². The number of hydrogen-bond donors (Lipinski definition) is 0. The minimum Gasteiger partial charge on any atom is -0.458 e. The molecule has 11 heteroatoms. The SMILES string of the molecule is O=COCC(=O)N1C[C@@H]2C[C@H]1CN2Cc1cc2ncc(Oc3nc4ncccc4s3)cc2o1. The Kier molecular flexibility index (Phi) is 4.92. The fourth-order valence-electron chi connectivity index (χ4n) is 4.61. The molecule has 6 rings (SSSR count). The topological polar surface area (TPSA) is 111 Å². The van der Waals surface area contributed by atoms with Crippen molar-refractivity contribution in [2.24, 2.45) is 0 Å². The number of thiazole rings is 1. The number of carbonyl (C=O) groups is 2. The summed E-state index contributed by atoms with van der Waals surface area (Å²) in [4.78, 5) is 39.7. The molecule has 2 fully saturated rings. The number of piperazine rings is 1. The second-order valence-corrected chi connectivity index (χ2v) is 9.09. The van der Waals surface area contributed by atoms with E-state index < -0.39 is 0 Å². The van der Waals surface area contributed by atoms with Crippen LogP contribution in [0.4, 0.5) is 0 Å². The molecule has 4 aromatic rings. The fourth-order valence-corrected chi connectivity index (χ4v) is 5.41. The number of nitrogens with zero attached hydrogens (tertiary/aromatic N) is 5. The van der Waals surface area contributed by atoms with Gasteiger partial charge in [-0.1, -0.05) is 11.3 Å². The molecule has 0 spiro atoms. The molecule has 2 atom stereocenters. The lowest BCUT2D eigenvalue weighted by molar-refractivity contribution is -0.144. The molecule has 2 bridgehead atoms. The Balaban J connectivity index is 1.13. The van der Waals surface area contributed by atoms with E-state index in [1.165, 1.54) is 11.3 Å². The molecule has 4 aromatic heterocycles. The van der Waals surface area contributed by atoms with E-state index in [1.54, 1.807) is 12.4 Å². The Labute approximate surface area is 191 Å². The zero-order valence-electron chi connectivity index (χ0n) is 17.4. The Hall–Kier alpha value is -3.57. The lowest BCUT2D eigenvalue weighted by Crippen LogP contribution is -2.49. The molecule has 0 aromatic carbocycles. The molecule has 0 aliphatic carbocycles. The summed E-state index contributed by atoms with van der Waals surface area (Å²) in [5.41, 5.74) is 2.06. The first-order valence-electron chi connectivity index (χ1n) is 10.5. The minimum absolute atomic E-state index is 0.140. The van der Waals surface area contributed by atoms with Gasteiger partial charge in [0.15, 0.2) is 23.6 Å². The van der Waals surface area contributed by atoms with Crippen molar-refractivity contribution in [3.63, 3.8) is 0 Å². The Morgan fingerprint density at radius 3 is 3.03 bits per heavy atom. The third kappa shape index (κ3) is 3.79. The molecule has 0 unspecified atom stereocenters. The highest BCUT2D eigenvalue weighted by molar-refractivity contribution is 7.20. The van der Waals surface area contributed by atoms with Crippen molar-refractivity contribution in [2.75, 3.05) is 19.7 Å². The van der Waals surface area contributed by atoms with Gasteiger partial charge in [0, 0.05) is 43.5 Å². The van der Waals surface area contributed by atoms with Crippen molar-refractivity contribution in [3.05, 3.63) is 42.4 Å². The molecule has 2 aliphatic heterocycles. The van der Waals surface area contributed by atoms with Gasteiger partial charge in [-0.3, -0.25) is 14.5 Å². The number of furan rings is 1. The molecule has 1 amide bonds. The number of pyridine rings is 2. The smallest absolute Gasteiger partial charge is 0.293 e. The van der Waals surface area contributed by atoms with E-state index >= 15 is 0 Å². The van der Waals surface area contributed by atoms with Crippen LogP contribution in [-0.4, -0.2) is 68.9 Å². The van der Waals surface area contributed by atoms with Crippen LogP contribution in [0.1, 0.15) is 12.2 Å². The lowest BCUT2D eigenvalue weighted by atomic mass is 10.2. The summed E-state index contributed by atoms with van der Waals surface area (Å²) >= 11 is 1.42. The van der Waals surface area contributed by atoms with Crippen molar-refractivity contribution < 1.29 is 23.5 Å². The summed E-state index contributed by atoms with van der Waals surface area (Å²) in [5.74, 6) is 1.22. The average Bonchev–Trinajstić information content (AvgIpc) is 3.59. The van der Waals surface area contributed by atoms with Gasteiger partial charge in [-0.15, -0.1) is 0 Å². The van der Waals surface area contributed by atoms with Crippen LogP contribution in [0, 0.1) is 0 Å². The Bertz CT molecular complexity index is 1320. The largest absolute Gasteiger partial charge is 0.458 e. The summed E-state index contributed by atoms with van der Waals surface area (Å²) in [5, 5.41) is 0.502. The first-order chi connectivity index (χ1) is 16.2. The third-order valence-corrected chi connectivity index (χ3v) is 6.94. The van der Waals surface area contributed by atoms with Gasteiger partial charge in [-0.2, -0.15) is 4.98 Å². The predicted molar refractivity (Wildman–Crippen MR) is 118 cm³/mol. The molecule has 2 aliphatic rings. The summed E-state index contributed by atoms with van der Waals surface area (Å²) in [6, 6.07) is 7.98. The maximum atomic E-state index is 12.2. The van der Waals surface area contributed by atoms with Gasteiger partial charge in [0.25, 0.3) is 17.6 Å². The van der Waals surface area contributed by atoms with E-state index in [0.29, 0.717) is 41.7 Å². The number of likely N-dealkylation sites (tertiary alicyclic amines) is 2. The lowest BCUT2D eigenvalue weighted by Gasteiger charge is -2.33. The van der Waals surface area contributed by atoms with Crippen molar-refractivity contribution in [1.29, 1.82) is 0 Å². The van der Waals surface area contributed by atoms with Crippen molar-refractivity contribution in [3.8, 4) is 10.9 Å². The molecule has 0 radical (unpaired) electrons. The number of fused-ring (bicyclic) bond motifs is 4. The summed E-state index contributed by atoms with van der Waals surface area (Å²) in [6.45, 7) is 2.16. The van der Waals surface area contributed by atoms with Gasteiger partial charge in [-0.05, 0) is 18.6 Å². The van der Waals surface area contributed by atoms with Crippen LogP contribution in [0.2, 0.25) is 0 Å². The third-order valence-electron chi connectivity index (χ3n) is 6.05. The van der Waals surface area contributed by atoms with E-state index in [4.69, 9.17) is 9.15 Å². The van der Waals surface area contributed by atoms with Gasteiger partial charge in [0.1, 0.15) is 11.3 Å². The molecule has 6 heterocycles. The van der Waals surface area contributed by atoms with Crippen LogP contribution in [0.25, 0.3) is 21.4 Å². The minimum atomic E-state index is -0.195. The monoisotopic (exact) mass is 465 g/mol. The van der Waals surface area contributed by atoms with Crippen molar-refractivity contribution >= 4 is 45.2 Å². The van der Waals surface area contributed by atoms with Crippen LogP contribution in [-0.2, 0) is 20.9 Å². The molecule has 0 N–H and O–H groups in total. The maximum Gasteiger partial charge on any atom is 0.293 e. The normalized spacial score (nSPS) is 20.1. The quantitative estimate of drug-likeness (QED) is 0.380. The van der Waals surface area contributed by atoms with Gasteiger partial charge in [0.05, 0.1) is 17.4 Å². The van der Waals surface area contributed by atoms with E-state index in [1.807, 2.05) is 29.2 Å². The Morgan fingerprint density at radius 2 is 2.21 bits per heavy atom. The highest BCUT2D eigenvalue weighted by Gasteiger charge is 2.45. The number of aromatic nitrogens is 3. The highest BCUT2D eigenvalue weighted by Crippen LogP contribution is 2.34. The molecule has 0 saturated carbocycles. The van der Waals surface area contributed by atoms with Crippen LogP contribution < -0.4 is 4.74 Å². The summed E-state index contributed by atoms with van der Waals surface area (Å²) in [7, 11) is 0. The average molecular weight is 465 g/mol. The van der Waals surface area contributed by atoms with Crippen LogP contribution in [0.3, 0.4) is 0 Å². The van der Waals surface area contributed by atoms with Gasteiger partial charge >= 0.3 is 0 Å². The fraction of sp³-hybridized carbons (Fsp3) is 0.318. The molecule has 33 heavy (non-hydrogen) atoms. The van der Waals surface area contributed by atoms with E-state index in [2.05, 4.69) is 24.6 Å². The number of rotatable bonds is 7. The van der Waals surface area contributed by atoms with E-state index in [0.717, 1.165) is 28.9 Å². The second kappa shape index (κ2) is 8.09. The van der Waals surface area contributed by atoms with Crippen molar-refractivity contribution in [2.45, 2.75) is 25.0 Å². The second-order valence-electron chi connectivity index (χ2n) is 8.10. The molecule has 10 nitrogen and oxygen atoms in total. The summed E-state index contributed by atoms with van der Waals surface area (Å²) in [6.07, 6.45) is 4.28. The van der Waals surface area contributed by atoms with Crippen LogP contribution in [0.5, 0.6) is 10.9 Å².